The maximum atomic E-state index is 11.7. The second kappa shape index (κ2) is 16.9. The molecule has 0 radical (unpaired) electrons. The average molecular weight is 391 g/mol. The fourth-order valence-corrected chi connectivity index (χ4v) is 2.05. The standard InChI is InChI=1S/C19H38N2O6/c1-6-24-13-11-20(4)9-7-18(22)26-15-16-27-19(23)8-10-21(5)12-14-25-17(2)3/h17H,6-16H2,1-5H3. The summed E-state index contributed by atoms with van der Waals surface area (Å²) >= 11 is 0. The fraction of sp³-hybridized carbons (Fsp3) is 0.895. The van der Waals surface area contributed by atoms with Crippen molar-refractivity contribution < 1.29 is 28.5 Å². The highest BCUT2D eigenvalue weighted by Crippen LogP contribution is 1.95. The van der Waals surface area contributed by atoms with E-state index in [1.165, 1.54) is 0 Å². The smallest absolute Gasteiger partial charge is 0.307 e. The first-order chi connectivity index (χ1) is 12.8. The first kappa shape index (κ1) is 25.8. The highest BCUT2D eigenvalue weighted by atomic mass is 16.6. The van der Waals surface area contributed by atoms with Gasteiger partial charge in [-0.1, -0.05) is 0 Å². The van der Waals surface area contributed by atoms with Crippen LogP contribution in [0.5, 0.6) is 0 Å². The number of ether oxygens (including phenoxy) is 4. The molecule has 8 heteroatoms. The van der Waals surface area contributed by atoms with Crippen LogP contribution in [0.15, 0.2) is 0 Å². The third kappa shape index (κ3) is 17.9. The summed E-state index contributed by atoms with van der Waals surface area (Å²) in [4.78, 5) is 27.4. The average Bonchev–Trinajstić information content (AvgIpc) is 2.61. The van der Waals surface area contributed by atoms with E-state index in [-0.39, 0.29) is 31.3 Å². The molecular weight excluding hydrogens is 352 g/mol. The van der Waals surface area contributed by atoms with Crippen LogP contribution in [0.4, 0.5) is 0 Å². The van der Waals surface area contributed by atoms with Crippen molar-refractivity contribution in [3.05, 3.63) is 0 Å². The molecule has 0 rings (SSSR count). The van der Waals surface area contributed by atoms with Crippen LogP contribution in [0.25, 0.3) is 0 Å². The fourth-order valence-electron chi connectivity index (χ4n) is 2.05. The second-order valence-electron chi connectivity index (χ2n) is 6.66. The second-order valence-corrected chi connectivity index (χ2v) is 6.66. The lowest BCUT2D eigenvalue weighted by atomic mass is 10.4. The summed E-state index contributed by atoms with van der Waals surface area (Å²) in [6.07, 6.45) is 0.817. The van der Waals surface area contributed by atoms with Crippen LogP contribution in [-0.2, 0) is 28.5 Å². The molecule has 0 heterocycles. The third-order valence-corrected chi connectivity index (χ3v) is 3.75. The number of hydrogen-bond donors (Lipinski definition) is 0. The predicted molar refractivity (Wildman–Crippen MR) is 104 cm³/mol. The molecule has 0 N–H and O–H groups in total. The van der Waals surface area contributed by atoms with Crippen molar-refractivity contribution in [2.24, 2.45) is 0 Å². The van der Waals surface area contributed by atoms with Crippen molar-refractivity contribution in [1.29, 1.82) is 0 Å². The minimum atomic E-state index is -0.293. The molecule has 0 spiro atoms. The van der Waals surface area contributed by atoms with Gasteiger partial charge in [-0.3, -0.25) is 9.59 Å². The Kier molecular flexibility index (Phi) is 16.2. The zero-order chi connectivity index (χ0) is 20.5. The zero-order valence-electron chi connectivity index (χ0n) is 17.7. The number of rotatable bonds is 17. The molecule has 0 aromatic carbocycles. The Morgan fingerprint density at radius 1 is 0.778 bits per heavy atom. The summed E-state index contributed by atoms with van der Waals surface area (Å²) in [7, 11) is 3.87. The molecule has 0 bridgehead atoms. The van der Waals surface area contributed by atoms with Gasteiger partial charge in [0.15, 0.2) is 0 Å². The van der Waals surface area contributed by atoms with Gasteiger partial charge in [0.05, 0.1) is 32.2 Å². The molecule has 27 heavy (non-hydrogen) atoms. The van der Waals surface area contributed by atoms with Gasteiger partial charge in [-0.25, -0.2) is 0 Å². The largest absolute Gasteiger partial charge is 0.462 e. The SMILES string of the molecule is CCOCCN(C)CCC(=O)OCCOC(=O)CCN(C)CCOC(C)C. The summed E-state index contributed by atoms with van der Waals surface area (Å²) in [5.41, 5.74) is 0. The lowest BCUT2D eigenvalue weighted by Gasteiger charge is -2.17. The van der Waals surface area contributed by atoms with Crippen molar-refractivity contribution >= 4 is 11.9 Å². The van der Waals surface area contributed by atoms with Gasteiger partial charge in [-0.15, -0.1) is 0 Å². The van der Waals surface area contributed by atoms with Crippen LogP contribution in [0.3, 0.4) is 0 Å². The molecule has 0 aromatic heterocycles. The Hall–Kier alpha value is -1.22. The monoisotopic (exact) mass is 390 g/mol. The minimum Gasteiger partial charge on any atom is -0.462 e. The first-order valence-corrected chi connectivity index (χ1v) is 9.72. The molecule has 8 nitrogen and oxygen atoms in total. The zero-order valence-corrected chi connectivity index (χ0v) is 17.7. The van der Waals surface area contributed by atoms with Gasteiger partial charge in [0.1, 0.15) is 13.2 Å². The van der Waals surface area contributed by atoms with Gasteiger partial charge in [0.2, 0.25) is 0 Å². The highest BCUT2D eigenvalue weighted by molar-refractivity contribution is 5.70. The third-order valence-electron chi connectivity index (χ3n) is 3.75. The van der Waals surface area contributed by atoms with Gasteiger partial charge in [0, 0.05) is 32.8 Å². The Bertz CT molecular complexity index is 392. The van der Waals surface area contributed by atoms with E-state index < -0.39 is 0 Å². The summed E-state index contributed by atoms with van der Waals surface area (Å²) in [5.74, 6) is -0.586. The first-order valence-electron chi connectivity index (χ1n) is 9.72. The molecule has 160 valence electrons. The summed E-state index contributed by atoms with van der Waals surface area (Å²) in [6.45, 7) is 10.8. The van der Waals surface area contributed by atoms with Crippen LogP contribution >= 0.6 is 0 Å². The molecule has 0 aliphatic carbocycles. The molecule has 0 aromatic rings. The van der Waals surface area contributed by atoms with E-state index in [1.54, 1.807) is 0 Å². The number of carbonyl (C=O) groups excluding carboxylic acids is 2. The quantitative estimate of drug-likeness (QED) is 0.271. The molecule has 0 saturated heterocycles. The van der Waals surface area contributed by atoms with Crippen molar-refractivity contribution in [3.8, 4) is 0 Å². The Morgan fingerprint density at radius 3 is 1.70 bits per heavy atom. The van der Waals surface area contributed by atoms with Gasteiger partial charge in [0.25, 0.3) is 0 Å². The van der Waals surface area contributed by atoms with Crippen molar-refractivity contribution in [2.75, 3.05) is 73.3 Å². The van der Waals surface area contributed by atoms with Crippen LogP contribution < -0.4 is 0 Å². The topological polar surface area (TPSA) is 77.5 Å². The molecular formula is C19H38N2O6. The highest BCUT2D eigenvalue weighted by Gasteiger charge is 2.08. The van der Waals surface area contributed by atoms with E-state index in [9.17, 15) is 9.59 Å². The summed E-state index contributed by atoms with van der Waals surface area (Å²) < 4.78 is 20.9. The number of likely N-dealkylation sites (N-methyl/N-ethyl adjacent to an activating group) is 2. The van der Waals surface area contributed by atoms with E-state index in [0.717, 1.165) is 13.1 Å². The van der Waals surface area contributed by atoms with E-state index in [0.29, 0.717) is 45.8 Å². The van der Waals surface area contributed by atoms with E-state index >= 15 is 0 Å². The van der Waals surface area contributed by atoms with E-state index in [4.69, 9.17) is 18.9 Å². The maximum Gasteiger partial charge on any atom is 0.307 e. The van der Waals surface area contributed by atoms with Crippen LogP contribution in [0, 0.1) is 0 Å². The number of carbonyl (C=O) groups is 2. The lowest BCUT2D eigenvalue weighted by molar-refractivity contribution is -0.152. The molecule has 0 aliphatic heterocycles. The van der Waals surface area contributed by atoms with Gasteiger partial charge < -0.3 is 28.7 Å². The Balaban J connectivity index is 3.59. The van der Waals surface area contributed by atoms with Crippen molar-refractivity contribution in [3.63, 3.8) is 0 Å². The normalized spacial score (nSPS) is 11.4. The number of nitrogens with zero attached hydrogens (tertiary/aromatic N) is 2. The van der Waals surface area contributed by atoms with Crippen molar-refractivity contribution in [2.45, 2.75) is 39.7 Å². The molecule has 0 aliphatic rings. The van der Waals surface area contributed by atoms with E-state index in [2.05, 4.69) is 0 Å². The Morgan fingerprint density at radius 2 is 1.26 bits per heavy atom. The lowest BCUT2D eigenvalue weighted by Crippen LogP contribution is -2.28. The van der Waals surface area contributed by atoms with Crippen molar-refractivity contribution in [1.82, 2.24) is 9.80 Å². The molecule has 0 amide bonds. The number of esters is 2. The Labute approximate surface area is 164 Å². The minimum absolute atomic E-state index is 0.0882. The van der Waals surface area contributed by atoms with Gasteiger partial charge >= 0.3 is 11.9 Å². The maximum absolute atomic E-state index is 11.7. The van der Waals surface area contributed by atoms with Gasteiger partial charge in [-0.2, -0.15) is 0 Å². The van der Waals surface area contributed by atoms with Crippen LogP contribution in [-0.4, -0.2) is 101 Å². The van der Waals surface area contributed by atoms with Crippen LogP contribution in [0.1, 0.15) is 33.6 Å². The van der Waals surface area contributed by atoms with E-state index in [1.807, 2.05) is 44.7 Å². The summed E-state index contributed by atoms with van der Waals surface area (Å²) in [6, 6.07) is 0. The van der Waals surface area contributed by atoms with Gasteiger partial charge in [-0.05, 0) is 34.9 Å². The summed E-state index contributed by atoms with van der Waals surface area (Å²) in [5, 5.41) is 0. The molecule has 0 saturated carbocycles. The molecule has 0 fully saturated rings. The molecule has 0 unspecified atom stereocenters. The molecule has 0 atom stereocenters. The van der Waals surface area contributed by atoms with Crippen LogP contribution in [0.2, 0.25) is 0 Å². The number of hydrogen-bond acceptors (Lipinski definition) is 8. The predicted octanol–water partition coefficient (Wildman–Crippen LogP) is 1.18.